The highest BCUT2D eigenvalue weighted by Gasteiger charge is 2.14. The molecule has 0 aliphatic heterocycles. The lowest BCUT2D eigenvalue weighted by atomic mass is 10.00. The third-order valence-electron chi connectivity index (χ3n) is 5.80. The van der Waals surface area contributed by atoms with Gasteiger partial charge in [0, 0.05) is 31.3 Å². The second-order valence-corrected chi connectivity index (χ2v) is 8.51. The minimum atomic E-state index is -0.224. The highest BCUT2D eigenvalue weighted by molar-refractivity contribution is 5.92. The van der Waals surface area contributed by atoms with Gasteiger partial charge in [-0.3, -0.25) is 9.69 Å². The Morgan fingerprint density at radius 2 is 1.74 bits per heavy atom. The Hall–Kier alpha value is -3.02. The lowest BCUT2D eigenvalue weighted by Gasteiger charge is -2.20. The molecule has 1 N–H and O–H groups in total. The van der Waals surface area contributed by atoms with Crippen molar-refractivity contribution in [3.63, 3.8) is 0 Å². The molecule has 0 aromatic heterocycles. The first-order valence-corrected chi connectivity index (χ1v) is 12.4. The normalized spacial score (nSPS) is 10.6. The van der Waals surface area contributed by atoms with Crippen LogP contribution in [0.1, 0.15) is 64.4 Å². The molecule has 6 nitrogen and oxygen atoms in total. The first kappa shape index (κ1) is 27.2. The third-order valence-corrected chi connectivity index (χ3v) is 5.80. The molecule has 0 saturated carbocycles. The van der Waals surface area contributed by atoms with Crippen LogP contribution in [0.3, 0.4) is 0 Å². The van der Waals surface area contributed by atoms with Crippen LogP contribution in [0.15, 0.2) is 42.5 Å². The molecular formula is C28H40N2O4. The molecule has 2 amide bonds. The number of carbonyl (C=O) groups excluding carboxylic acids is 2. The molecule has 2 aromatic carbocycles. The zero-order valence-electron chi connectivity index (χ0n) is 21.2. The molecular weight excluding hydrogens is 428 g/mol. The molecule has 0 unspecified atom stereocenters. The second-order valence-electron chi connectivity index (χ2n) is 8.51. The van der Waals surface area contributed by atoms with Crippen molar-refractivity contribution in [2.75, 3.05) is 32.2 Å². The van der Waals surface area contributed by atoms with Crippen LogP contribution in [0, 0.1) is 0 Å². The number of rotatable bonds is 14. The van der Waals surface area contributed by atoms with Gasteiger partial charge in [0.05, 0.1) is 13.7 Å². The molecule has 2 aromatic rings. The highest BCUT2D eigenvalue weighted by atomic mass is 16.5. The van der Waals surface area contributed by atoms with Crippen molar-refractivity contribution in [1.29, 1.82) is 0 Å². The molecule has 0 bridgehead atoms. The summed E-state index contributed by atoms with van der Waals surface area (Å²) in [5.41, 5.74) is 3.79. The smallest absolute Gasteiger partial charge is 0.321 e. The van der Waals surface area contributed by atoms with Gasteiger partial charge in [-0.15, -0.1) is 0 Å². The summed E-state index contributed by atoms with van der Waals surface area (Å²) < 4.78 is 11.0. The first-order chi connectivity index (χ1) is 16.5. The Balaban J connectivity index is 2.22. The van der Waals surface area contributed by atoms with Gasteiger partial charge in [-0.1, -0.05) is 63.8 Å². The number of nitrogens with one attached hydrogen (secondary N) is 1. The van der Waals surface area contributed by atoms with E-state index in [0.717, 1.165) is 66.7 Å². The number of hydrogen-bond donors (Lipinski definition) is 1. The molecule has 186 valence electrons. The number of hydrogen-bond acceptors (Lipinski definition) is 4. The molecule has 0 aliphatic rings. The number of methoxy groups -OCH3 is 1. The van der Waals surface area contributed by atoms with Crippen molar-refractivity contribution in [3.05, 3.63) is 48.0 Å². The third kappa shape index (κ3) is 8.73. The van der Waals surface area contributed by atoms with Crippen LogP contribution < -0.4 is 15.0 Å². The van der Waals surface area contributed by atoms with E-state index in [1.165, 1.54) is 7.11 Å². The number of esters is 1. The summed E-state index contributed by atoms with van der Waals surface area (Å²) in [4.78, 5) is 25.8. The number of amides is 2. The van der Waals surface area contributed by atoms with Crippen molar-refractivity contribution in [1.82, 2.24) is 5.32 Å². The number of aryl methyl sites for hydroxylation is 1. The number of nitrogens with zero attached hydrogens (tertiary/aromatic N) is 1. The Kier molecular flexibility index (Phi) is 12.0. The molecule has 2 rings (SSSR count). The fourth-order valence-corrected chi connectivity index (χ4v) is 3.65. The van der Waals surface area contributed by atoms with Crippen LogP contribution in [0.5, 0.6) is 5.75 Å². The number of carbonyl (C=O) groups is 2. The summed E-state index contributed by atoms with van der Waals surface area (Å²) in [6.07, 6.45) is 7.38. The summed E-state index contributed by atoms with van der Waals surface area (Å²) in [6, 6.07) is 13.9. The Bertz CT molecular complexity index is 913. The SMILES string of the molecule is CCCCCNC(=O)N(C)c1cccc(-c2ccc(CCC(=O)OC)cc2OCCCCC)c1. The van der Waals surface area contributed by atoms with E-state index in [0.29, 0.717) is 26.0 Å². The van der Waals surface area contributed by atoms with E-state index in [1.54, 1.807) is 11.9 Å². The highest BCUT2D eigenvalue weighted by Crippen LogP contribution is 2.33. The van der Waals surface area contributed by atoms with Crippen molar-refractivity contribution in [3.8, 4) is 16.9 Å². The van der Waals surface area contributed by atoms with E-state index < -0.39 is 0 Å². The van der Waals surface area contributed by atoms with Crippen molar-refractivity contribution < 1.29 is 19.1 Å². The van der Waals surface area contributed by atoms with Gasteiger partial charge >= 0.3 is 12.0 Å². The quantitative estimate of drug-likeness (QED) is 0.259. The average Bonchev–Trinajstić information content (AvgIpc) is 2.87. The molecule has 34 heavy (non-hydrogen) atoms. The monoisotopic (exact) mass is 468 g/mol. The predicted molar refractivity (Wildman–Crippen MR) is 139 cm³/mol. The van der Waals surface area contributed by atoms with Gasteiger partial charge < -0.3 is 14.8 Å². The second kappa shape index (κ2) is 15.0. The molecule has 0 radical (unpaired) electrons. The fourth-order valence-electron chi connectivity index (χ4n) is 3.65. The Labute approximate surface area is 204 Å². The van der Waals surface area contributed by atoms with Gasteiger partial charge in [0.1, 0.15) is 5.75 Å². The largest absolute Gasteiger partial charge is 0.493 e. The molecule has 0 aliphatic carbocycles. The molecule has 0 saturated heterocycles. The van der Waals surface area contributed by atoms with Crippen molar-refractivity contribution in [2.24, 2.45) is 0 Å². The predicted octanol–water partition coefficient (Wildman–Crippen LogP) is 6.36. The van der Waals surface area contributed by atoms with Crippen LogP contribution in [-0.4, -0.2) is 39.3 Å². The van der Waals surface area contributed by atoms with Gasteiger partial charge in [0.25, 0.3) is 0 Å². The van der Waals surface area contributed by atoms with E-state index in [1.807, 2.05) is 42.5 Å². The van der Waals surface area contributed by atoms with E-state index in [-0.39, 0.29) is 12.0 Å². The maximum Gasteiger partial charge on any atom is 0.321 e. The topological polar surface area (TPSA) is 67.9 Å². The fraction of sp³-hybridized carbons (Fsp3) is 0.500. The number of ether oxygens (including phenoxy) is 2. The minimum Gasteiger partial charge on any atom is -0.493 e. The van der Waals surface area contributed by atoms with Crippen LogP contribution in [0.25, 0.3) is 11.1 Å². The van der Waals surface area contributed by atoms with Gasteiger partial charge in [-0.05, 0) is 48.6 Å². The van der Waals surface area contributed by atoms with Crippen LogP contribution in [0.4, 0.5) is 10.5 Å². The lowest BCUT2D eigenvalue weighted by molar-refractivity contribution is -0.140. The van der Waals surface area contributed by atoms with E-state index >= 15 is 0 Å². The maximum absolute atomic E-state index is 12.6. The Morgan fingerprint density at radius 1 is 0.971 bits per heavy atom. The van der Waals surface area contributed by atoms with E-state index in [9.17, 15) is 9.59 Å². The average molecular weight is 469 g/mol. The summed E-state index contributed by atoms with van der Waals surface area (Å²) in [5, 5.41) is 2.99. The van der Waals surface area contributed by atoms with Crippen LogP contribution in [0.2, 0.25) is 0 Å². The molecule has 0 heterocycles. The summed E-state index contributed by atoms with van der Waals surface area (Å²) in [6.45, 7) is 5.63. The molecule has 6 heteroatoms. The first-order valence-electron chi connectivity index (χ1n) is 12.4. The number of urea groups is 1. The maximum atomic E-state index is 12.6. The van der Waals surface area contributed by atoms with E-state index in [4.69, 9.17) is 9.47 Å². The number of unbranched alkanes of at least 4 members (excludes halogenated alkanes) is 4. The van der Waals surface area contributed by atoms with Crippen molar-refractivity contribution in [2.45, 2.75) is 65.2 Å². The molecule has 0 spiro atoms. The minimum absolute atomic E-state index is 0.109. The van der Waals surface area contributed by atoms with Gasteiger partial charge in [-0.2, -0.15) is 0 Å². The number of benzene rings is 2. The standard InChI is InChI=1S/C28H40N2O4/c1-5-7-9-18-29-28(32)30(3)24-13-11-12-23(21-24)25-16-14-22(15-17-27(31)33-4)20-26(25)34-19-10-8-6-2/h11-14,16,20-21H,5-10,15,17-19H2,1-4H3,(H,29,32). The zero-order chi connectivity index (χ0) is 24.8. The van der Waals surface area contributed by atoms with Crippen LogP contribution >= 0.6 is 0 Å². The lowest BCUT2D eigenvalue weighted by Crippen LogP contribution is -2.37. The van der Waals surface area contributed by atoms with Gasteiger partial charge in [-0.25, -0.2) is 4.79 Å². The Morgan fingerprint density at radius 3 is 2.47 bits per heavy atom. The van der Waals surface area contributed by atoms with Gasteiger partial charge in [0.15, 0.2) is 0 Å². The summed E-state index contributed by atoms with van der Waals surface area (Å²) >= 11 is 0. The summed E-state index contributed by atoms with van der Waals surface area (Å²) in [7, 11) is 3.19. The van der Waals surface area contributed by atoms with Crippen molar-refractivity contribution >= 4 is 17.7 Å². The summed E-state index contributed by atoms with van der Waals surface area (Å²) in [5.74, 6) is 0.570. The number of anilines is 1. The molecule has 0 atom stereocenters. The van der Waals surface area contributed by atoms with Crippen LogP contribution in [-0.2, 0) is 16.0 Å². The van der Waals surface area contributed by atoms with E-state index in [2.05, 4.69) is 19.2 Å². The molecule has 0 fully saturated rings. The zero-order valence-corrected chi connectivity index (χ0v) is 21.2. The van der Waals surface area contributed by atoms with Gasteiger partial charge in [0.2, 0.25) is 0 Å².